The molecule has 4 rings (SSSR count). The van der Waals surface area contributed by atoms with E-state index >= 15 is 0 Å². The minimum atomic E-state index is 0.149. The summed E-state index contributed by atoms with van der Waals surface area (Å²) in [5, 5.41) is 2.27. The van der Waals surface area contributed by atoms with Crippen LogP contribution in [0.3, 0.4) is 0 Å². The van der Waals surface area contributed by atoms with E-state index in [2.05, 4.69) is 123 Å². The van der Waals surface area contributed by atoms with Crippen LogP contribution in [0.15, 0.2) is 84.9 Å². The maximum atomic E-state index is 3.73. The van der Waals surface area contributed by atoms with Crippen LogP contribution in [0.2, 0.25) is 0 Å². The first kappa shape index (κ1) is 19.3. The number of hydrazine groups is 1. The molecule has 0 radical (unpaired) electrons. The van der Waals surface area contributed by atoms with Gasteiger partial charge in [-0.2, -0.15) is 0 Å². The quantitative estimate of drug-likeness (QED) is 0.509. The lowest BCUT2D eigenvalue weighted by Gasteiger charge is -2.28. The van der Waals surface area contributed by atoms with Crippen LogP contribution in [0.1, 0.15) is 67.8 Å². The van der Waals surface area contributed by atoms with Crippen LogP contribution in [-0.2, 0) is 0 Å². The smallest absolute Gasteiger partial charge is 0.0958 e. The standard InChI is InChI=1S/C27H30N2/c1-19(2)22-15-16-24(20(3)4)25(17-22)26-18-27(21-11-7-5-8-12-21)29(28-26)23-13-9-6-10-14-23/h5-20,27-28H,1-4H3. The molecular weight excluding hydrogens is 352 g/mol. The molecule has 2 heteroatoms. The molecule has 1 aliphatic heterocycles. The van der Waals surface area contributed by atoms with Gasteiger partial charge in [-0.05, 0) is 52.8 Å². The Labute approximate surface area is 174 Å². The Morgan fingerprint density at radius 1 is 0.759 bits per heavy atom. The lowest BCUT2D eigenvalue weighted by Crippen LogP contribution is -2.34. The summed E-state index contributed by atoms with van der Waals surface area (Å²) in [5.41, 5.74) is 11.4. The van der Waals surface area contributed by atoms with Gasteiger partial charge in [-0.3, -0.25) is 10.4 Å². The first-order valence-corrected chi connectivity index (χ1v) is 10.6. The molecule has 1 aliphatic rings. The third-order valence-electron chi connectivity index (χ3n) is 5.68. The van der Waals surface area contributed by atoms with Gasteiger partial charge in [-0.15, -0.1) is 0 Å². The summed E-state index contributed by atoms with van der Waals surface area (Å²) in [5.74, 6) is 0.974. The van der Waals surface area contributed by atoms with Crippen LogP contribution in [0.4, 0.5) is 5.69 Å². The van der Waals surface area contributed by atoms with Crippen molar-refractivity contribution in [2.24, 2.45) is 0 Å². The Balaban J connectivity index is 1.81. The molecule has 0 amide bonds. The van der Waals surface area contributed by atoms with Crippen molar-refractivity contribution >= 4 is 11.4 Å². The zero-order chi connectivity index (χ0) is 20.4. The van der Waals surface area contributed by atoms with E-state index < -0.39 is 0 Å². The molecular formula is C27H30N2. The van der Waals surface area contributed by atoms with Gasteiger partial charge in [-0.25, -0.2) is 0 Å². The third kappa shape index (κ3) is 3.93. The summed E-state index contributed by atoms with van der Waals surface area (Å²) < 4.78 is 0. The van der Waals surface area contributed by atoms with E-state index in [9.17, 15) is 0 Å². The van der Waals surface area contributed by atoms with E-state index in [1.807, 2.05) is 0 Å². The van der Waals surface area contributed by atoms with E-state index in [0.29, 0.717) is 11.8 Å². The molecule has 1 N–H and O–H groups in total. The monoisotopic (exact) mass is 382 g/mol. The Morgan fingerprint density at radius 2 is 1.41 bits per heavy atom. The van der Waals surface area contributed by atoms with E-state index in [0.717, 1.165) is 0 Å². The highest BCUT2D eigenvalue weighted by Crippen LogP contribution is 2.37. The summed E-state index contributed by atoms with van der Waals surface area (Å²) in [4.78, 5) is 0. The van der Waals surface area contributed by atoms with Crippen molar-refractivity contribution in [1.82, 2.24) is 5.43 Å². The Morgan fingerprint density at radius 3 is 2.03 bits per heavy atom. The zero-order valence-electron chi connectivity index (χ0n) is 17.8. The Kier molecular flexibility index (Phi) is 5.44. The fraction of sp³-hybridized carbons (Fsp3) is 0.259. The number of hydrogen-bond acceptors (Lipinski definition) is 2. The van der Waals surface area contributed by atoms with Gasteiger partial charge in [0, 0.05) is 5.56 Å². The topological polar surface area (TPSA) is 15.3 Å². The second-order valence-corrected chi connectivity index (χ2v) is 8.41. The predicted octanol–water partition coefficient (Wildman–Crippen LogP) is 7.04. The number of anilines is 1. The van der Waals surface area contributed by atoms with Crippen molar-refractivity contribution in [2.75, 3.05) is 5.01 Å². The van der Waals surface area contributed by atoms with E-state index in [4.69, 9.17) is 0 Å². The molecule has 0 spiro atoms. The van der Waals surface area contributed by atoms with Crippen molar-refractivity contribution in [1.29, 1.82) is 0 Å². The van der Waals surface area contributed by atoms with Crippen LogP contribution >= 0.6 is 0 Å². The zero-order valence-corrected chi connectivity index (χ0v) is 17.8. The second-order valence-electron chi connectivity index (χ2n) is 8.41. The molecule has 148 valence electrons. The third-order valence-corrected chi connectivity index (χ3v) is 5.68. The summed E-state index contributed by atoms with van der Waals surface area (Å²) in [6.07, 6.45) is 2.37. The van der Waals surface area contributed by atoms with Gasteiger partial charge in [0.25, 0.3) is 0 Å². The van der Waals surface area contributed by atoms with Crippen molar-refractivity contribution in [3.63, 3.8) is 0 Å². The average Bonchev–Trinajstić information content (AvgIpc) is 3.20. The summed E-state index contributed by atoms with van der Waals surface area (Å²) in [6, 6.07) is 28.4. The maximum Gasteiger partial charge on any atom is 0.0958 e. The van der Waals surface area contributed by atoms with E-state index in [1.165, 1.54) is 33.6 Å². The molecule has 3 aromatic carbocycles. The number of rotatable bonds is 5. The highest BCUT2D eigenvalue weighted by molar-refractivity contribution is 5.74. The molecule has 1 atom stereocenters. The first-order chi connectivity index (χ1) is 14.0. The minimum Gasteiger partial charge on any atom is -0.297 e. The summed E-state index contributed by atoms with van der Waals surface area (Å²) in [7, 11) is 0. The fourth-order valence-corrected chi connectivity index (χ4v) is 4.00. The Bertz CT molecular complexity index is 988. The van der Waals surface area contributed by atoms with Gasteiger partial charge < -0.3 is 0 Å². The molecule has 2 nitrogen and oxygen atoms in total. The number of hydrogen-bond donors (Lipinski definition) is 1. The molecule has 0 aliphatic carbocycles. The highest BCUT2D eigenvalue weighted by Gasteiger charge is 2.28. The second kappa shape index (κ2) is 8.16. The number of para-hydroxylation sites is 1. The molecule has 0 saturated carbocycles. The van der Waals surface area contributed by atoms with Gasteiger partial charge in [-0.1, -0.05) is 88.4 Å². The van der Waals surface area contributed by atoms with E-state index in [-0.39, 0.29) is 6.04 Å². The SMILES string of the molecule is CC(C)c1ccc(C(C)C)c(C2=CC(c3ccccc3)N(c3ccccc3)N2)c1. The lowest BCUT2D eigenvalue weighted by atomic mass is 9.90. The average molecular weight is 383 g/mol. The van der Waals surface area contributed by atoms with Crippen LogP contribution in [-0.4, -0.2) is 0 Å². The maximum absolute atomic E-state index is 3.73. The molecule has 1 heterocycles. The van der Waals surface area contributed by atoms with Gasteiger partial charge in [0.2, 0.25) is 0 Å². The molecule has 1 unspecified atom stereocenters. The van der Waals surface area contributed by atoms with E-state index in [1.54, 1.807) is 0 Å². The van der Waals surface area contributed by atoms with Crippen molar-refractivity contribution in [3.8, 4) is 0 Å². The van der Waals surface area contributed by atoms with Gasteiger partial charge in [0.05, 0.1) is 17.4 Å². The molecule has 0 bridgehead atoms. The van der Waals surface area contributed by atoms with Gasteiger partial charge in [0.1, 0.15) is 0 Å². The minimum absolute atomic E-state index is 0.149. The molecule has 3 aromatic rings. The Hall–Kier alpha value is -3.00. The summed E-state index contributed by atoms with van der Waals surface area (Å²) in [6.45, 7) is 9.06. The fourth-order valence-electron chi connectivity index (χ4n) is 4.00. The normalized spacial score (nSPS) is 16.3. The van der Waals surface area contributed by atoms with Gasteiger partial charge >= 0.3 is 0 Å². The van der Waals surface area contributed by atoms with Crippen molar-refractivity contribution < 1.29 is 0 Å². The number of nitrogens with one attached hydrogen (secondary N) is 1. The highest BCUT2D eigenvalue weighted by atomic mass is 15.5. The van der Waals surface area contributed by atoms with Crippen LogP contribution in [0.25, 0.3) is 5.70 Å². The number of benzene rings is 3. The van der Waals surface area contributed by atoms with Gasteiger partial charge in [0.15, 0.2) is 0 Å². The number of nitrogens with zero attached hydrogens (tertiary/aromatic N) is 1. The lowest BCUT2D eigenvalue weighted by molar-refractivity contribution is 0.723. The van der Waals surface area contributed by atoms with Crippen molar-refractivity contribution in [3.05, 3.63) is 107 Å². The van der Waals surface area contributed by atoms with Crippen LogP contribution in [0, 0.1) is 0 Å². The first-order valence-electron chi connectivity index (χ1n) is 10.6. The molecule has 0 aromatic heterocycles. The molecule has 0 fully saturated rings. The van der Waals surface area contributed by atoms with Crippen molar-refractivity contribution in [2.45, 2.75) is 45.6 Å². The van der Waals surface area contributed by atoms with Crippen LogP contribution in [0.5, 0.6) is 0 Å². The van der Waals surface area contributed by atoms with Crippen LogP contribution < -0.4 is 10.4 Å². The summed E-state index contributed by atoms with van der Waals surface area (Å²) >= 11 is 0. The predicted molar refractivity (Wildman–Crippen MR) is 124 cm³/mol. The molecule has 29 heavy (non-hydrogen) atoms. The largest absolute Gasteiger partial charge is 0.297 e. The molecule has 0 saturated heterocycles.